The molecule has 0 unspecified atom stereocenters. The molecule has 1 aliphatic carbocycles. The van der Waals surface area contributed by atoms with E-state index in [0.717, 1.165) is 5.57 Å². The van der Waals surface area contributed by atoms with Crippen LogP contribution in [0.5, 0.6) is 0 Å². The summed E-state index contributed by atoms with van der Waals surface area (Å²) in [5, 5.41) is 38.7. The minimum atomic E-state index is -1.53. The Bertz CT molecular complexity index is 528. The second-order valence-corrected chi connectivity index (χ2v) is 6.01. The SMILES string of the molecule is CC1=CC(=O)[C@@H]2C=CO[C@@H](O[C@@H]3O[C@H](CO)[C@@H](O)[C@H](O)[C@H]3O)[C@H]12. The smallest absolute Gasteiger partial charge is 0.209 e. The molecule has 0 aromatic heterocycles. The largest absolute Gasteiger partial charge is 0.472 e. The predicted octanol–water partition coefficient (Wildman–Crippen LogP) is -1.57. The lowest BCUT2D eigenvalue weighted by atomic mass is 9.89. The van der Waals surface area contributed by atoms with Crippen LogP contribution in [-0.4, -0.2) is 69.8 Å². The van der Waals surface area contributed by atoms with Crippen LogP contribution < -0.4 is 0 Å². The molecule has 4 N–H and O–H groups in total. The Kier molecular flexibility index (Phi) is 4.54. The van der Waals surface area contributed by atoms with E-state index in [1.54, 1.807) is 13.0 Å². The van der Waals surface area contributed by atoms with E-state index in [-0.39, 0.29) is 11.7 Å². The van der Waals surface area contributed by atoms with Gasteiger partial charge in [0.2, 0.25) is 6.29 Å². The summed E-state index contributed by atoms with van der Waals surface area (Å²) in [6.07, 6.45) is -3.20. The van der Waals surface area contributed by atoms with Crippen LogP contribution in [0.1, 0.15) is 6.92 Å². The molecule has 3 aliphatic rings. The van der Waals surface area contributed by atoms with E-state index >= 15 is 0 Å². The van der Waals surface area contributed by atoms with Gasteiger partial charge in [-0.1, -0.05) is 5.57 Å². The van der Waals surface area contributed by atoms with Gasteiger partial charge in [-0.2, -0.15) is 0 Å². The third-order valence-electron chi connectivity index (χ3n) is 4.52. The molecule has 0 saturated carbocycles. The summed E-state index contributed by atoms with van der Waals surface area (Å²) in [7, 11) is 0. The monoisotopic (exact) mass is 328 g/mol. The molecule has 0 spiro atoms. The number of hydrogen-bond acceptors (Lipinski definition) is 8. The van der Waals surface area contributed by atoms with Crippen LogP contribution in [0.15, 0.2) is 24.0 Å². The number of ketones is 1. The molecule has 2 aliphatic heterocycles. The Morgan fingerprint density at radius 2 is 1.91 bits per heavy atom. The molecule has 1 fully saturated rings. The quantitative estimate of drug-likeness (QED) is 0.490. The third-order valence-corrected chi connectivity index (χ3v) is 4.52. The Labute approximate surface area is 132 Å². The van der Waals surface area contributed by atoms with Gasteiger partial charge >= 0.3 is 0 Å². The molecule has 0 radical (unpaired) electrons. The lowest BCUT2D eigenvalue weighted by molar-refractivity contribution is -0.338. The van der Waals surface area contributed by atoms with Gasteiger partial charge in [0.25, 0.3) is 0 Å². The molecule has 8 nitrogen and oxygen atoms in total. The van der Waals surface area contributed by atoms with Crippen LogP contribution in [0.3, 0.4) is 0 Å². The van der Waals surface area contributed by atoms with Gasteiger partial charge < -0.3 is 34.6 Å². The van der Waals surface area contributed by atoms with Gasteiger partial charge in [0.15, 0.2) is 12.1 Å². The van der Waals surface area contributed by atoms with Crippen LogP contribution in [0, 0.1) is 11.8 Å². The first-order chi connectivity index (χ1) is 10.9. The van der Waals surface area contributed by atoms with Crippen LogP contribution in [0.25, 0.3) is 0 Å². The molecule has 0 amide bonds. The first-order valence-corrected chi connectivity index (χ1v) is 7.44. The van der Waals surface area contributed by atoms with Crippen molar-refractivity contribution in [1.82, 2.24) is 0 Å². The standard InChI is InChI=1S/C15H20O8/c1-6-4-8(17)7-2-3-21-14(10(6)7)23-15-13(20)12(19)11(18)9(5-16)22-15/h2-4,7,9-16,18-20H,5H2,1H3/t7-,9+,10+,11+,12-,13+,14-,15-/m0/s1. The molecule has 3 rings (SSSR count). The Balaban J connectivity index is 1.75. The second-order valence-electron chi connectivity index (χ2n) is 6.01. The van der Waals surface area contributed by atoms with Gasteiger partial charge in [-0.25, -0.2) is 0 Å². The molecule has 2 heterocycles. The molecule has 0 aromatic carbocycles. The van der Waals surface area contributed by atoms with Crippen molar-refractivity contribution < 1.29 is 39.4 Å². The third kappa shape index (κ3) is 2.82. The first-order valence-electron chi connectivity index (χ1n) is 7.44. The highest BCUT2D eigenvalue weighted by atomic mass is 16.8. The molecular weight excluding hydrogens is 308 g/mol. The van der Waals surface area contributed by atoms with Crippen LogP contribution >= 0.6 is 0 Å². The highest BCUT2D eigenvalue weighted by Gasteiger charge is 2.48. The summed E-state index contributed by atoms with van der Waals surface area (Å²) in [5.41, 5.74) is 0.791. The number of rotatable bonds is 3. The summed E-state index contributed by atoms with van der Waals surface area (Å²) in [5.74, 6) is -0.784. The fraction of sp³-hybridized carbons (Fsp3) is 0.667. The summed E-state index contributed by atoms with van der Waals surface area (Å²) in [6, 6.07) is 0. The molecule has 23 heavy (non-hydrogen) atoms. The molecule has 128 valence electrons. The number of carbonyl (C=O) groups is 1. The van der Waals surface area contributed by atoms with Crippen LogP contribution in [0.2, 0.25) is 0 Å². The summed E-state index contributed by atoms with van der Waals surface area (Å²) in [4.78, 5) is 11.9. The zero-order valence-corrected chi connectivity index (χ0v) is 12.5. The molecular formula is C15H20O8. The zero-order chi connectivity index (χ0) is 16.7. The highest BCUT2D eigenvalue weighted by Crippen LogP contribution is 2.38. The topological polar surface area (TPSA) is 126 Å². The number of allylic oxidation sites excluding steroid dienone is 2. The normalized spacial score (nSPS) is 46.3. The van der Waals surface area contributed by atoms with Gasteiger partial charge in [0, 0.05) is 0 Å². The lowest BCUT2D eigenvalue weighted by Gasteiger charge is -2.42. The van der Waals surface area contributed by atoms with Crippen molar-refractivity contribution in [1.29, 1.82) is 0 Å². The fourth-order valence-corrected chi connectivity index (χ4v) is 3.20. The fourth-order valence-electron chi connectivity index (χ4n) is 3.20. The van der Waals surface area contributed by atoms with Crippen molar-refractivity contribution in [3.8, 4) is 0 Å². The molecule has 0 bridgehead atoms. The van der Waals surface area contributed by atoms with E-state index in [1.165, 1.54) is 12.3 Å². The predicted molar refractivity (Wildman–Crippen MR) is 74.6 cm³/mol. The maximum absolute atomic E-state index is 11.9. The second kappa shape index (κ2) is 6.31. The maximum Gasteiger partial charge on any atom is 0.209 e. The minimum Gasteiger partial charge on any atom is -0.472 e. The van der Waals surface area contributed by atoms with E-state index in [0.29, 0.717) is 0 Å². The van der Waals surface area contributed by atoms with E-state index in [2.05, 4.69) is 0 Å². The number of aliphatic hydroxyl groups excluding tert-OH is 4. The van der Waals surface area contributed by atoms with Crippen molar-refractivity contribution in [2.45, 2.75) is 43.9 Å². The number of hydrogen-bond donors (Lipinski definition) is 4. The van der Waals surface area contributed by atoms with Crippen molar-refractivity contribution in [3.63, 3.8) is 0 Å². The summed E-state index contributed by atoms with van der Waals surface area (Å²) in [6.45, 7) is 1.24. The summed E-state index contributed by atoms with van der Waals surface area (Å²) >= 11 is 0. The molecule has 0 aromatic rings. The van der Waals surface area contributed by atoms with E-state index in [9.17, 15) is 25.2 Å². The average molecular weight is 328 g/mol. The van der Waals surface area contributed by atoms with Crippen LogP contribution in [-0.2, 0) is 19.0 Å². The van der Waals surface area contributed by atoms with E-state index < -0.39 is 49.5 Å². The van der Waals surface area contributed by atoms with Crippen LogP contribution in [0.4, 0.5) is 0 Å². The van der Waals surface area contributed by atoms with Crippen molar-refractivity contribution in [3.05, 3.63) is 24.0 Å². The number of fused-ring (bicyclic) bond motifs is 1. The van der Waals surface area contributed by atoms with Crippen molar-refractivity contribution >= 4 is 5.78 Å². The molecule has 8 heteroatoms. The van der Waals surface area contributed by atoms with E-state index in [1.807, 2.05) is 0 Å². The zero-order valence-electron chi connectivity index (χ0n) is 12.5. The van der Waals surface area contributed by atoms with Crippen molar-refractivity contribution in [2.75, 3.05) is 6.61 Å². The van der Waals surface area contributed by atoms with E-state index in [4.69, 9.17) is 14.2 Å². The first kappa shape index (κ1) is 16.6. The van der Waals surface area contributed by atoms with Gasteiger partial charge in [0.05, 0.1) is 24.7 Å². The highest BCUT2D eigenvalue weighted by molar-refractivity contribution is 5.97. The van der Waals surface area contributed by atoms with Crippen molar-refractivity contribution in [2.24, 2.45) is 11.8 Å². The molecule has 1 saturated heterocycles. The average Bonchev–Trinajstić information content (AvgIpc) is 2.83. The maximum atomic E-state index is 11.9. The summed E-state index contributed by atoms with van der Waals surface area (Å²) < 4.78 is 16.3. The minimum absolute atomic E-state index is 0.0468. The van der Waals surface area contributed by atoms with Gasteiger partial charge in [0.1, 0.15) is 24.4 Å². The molecule has 8 atom stereocenters. The number of carbonyl (C=O) groups excluding carboxylic acids is 1. The Hall–Kier alpha value is -1.29. The van der Waals surface area contributed by atoms with Gasteiger partial charge in [-0.15, -0.1) is 0 Å². The van der Waals surface area contributed by atoms with Gasteiger partial charge in [-0.3, -0.25) is 4.79 Å². The number of aliphatic hydroxyl groups is 4. The van der Waals surface area contributed by atoms with Gasteiger partial charge in [-0.05, 0) is 19.1 Å². The Morgan fingerprint density at radius 1 is 1.17 bits per heavy atom. The number of ether oxygens (including phenoxy) is 3. The lowest BCUT2D eigenvalue weighted by Crippen LogP contribution is -2.60. The Morgan fingerprint density at radius 3 is 2.61 bits per heavy atom.